The molecule has 2 aromatic rings. The fraction of sp³-hybridized carbons (Fsp3) is 0.316. The van der Waals surface area contributed by atoms with Crippen molar-refractivity contribution >= 4 is 24.8 Å². The molecule has 3 nitrogen and oxygen atoms in total. The van der Waals surface area contributed by atoms with E-state index in [1.165, 1.54) is 5.56 Å². The summed E-state index contributed by atoms with van der Waals surface area (Å²) in [4.78, 5) is 0. The van der Waals surface area contributed by atoms with E-state index in [9.17, 15) is 0 Å². The molecule has 0 saturated carbocycles. The highest BCUT2D eigenvalue weighted by Gasteiger charge is 2.14. The second kappa shape index (κ2) is 9.42. The normalized spacial score (nSPS) is 9.96. The maximum absolute atomic E-state index is 8.92. The van der Waals surface area contributed by atoms with Crippen LogP contribution in [0.2, 0.25) is 0 Å². The Morgan fingerprint density at radius 1 is 1.00 bits per heavy atom. The Balaban J connectivity index is 0.00000264. The van der Waals surface area contributed by atoms with Gasteiger partial charge in [0.05, 0.1) is 18.7 Å². The van der Waals surface area contributed by atoms with Crippen LogP contribution >= 0.6 is 24.8 Å². The molecule has 0 aromatic heterocycles. The maximum atomic E-state index is 8.92. The third kappa shape index (κ3) is 5.63. The second-order valence-corrected chi connectivity index (χ2v) is 6.22. The summed E-state index contributed by atoms with van der Waals surface area (Å²) in [5, 5.41) is 8.92. The Kier molecular flexibility index (Phi) is 8.67. The van der Waals surface area contributed by atoms with E-state index in [1.54, 1.807) is 25.3 Å². The summed E-state index contributed by atoms with van der Waals surface area (Å²) in [6.45, 7) is 7.04. The molecular weight excluding hydrogens is 345 g/mol. The van der Waals surface area contributed by atoms with E-state index in [0.717, 1.165) is 5.56 Å². The van der Waals surface area contributed by atoms with Crippen molar-refractivity contribution in [1.29, 1.82) is 5.26 Å². The SMILES string of the molecule is COc1cc(C#N)ccc1OCc1cccc(C(C)(C)C)c1.Cl.Cl. The maximum Gasteiger partial charge on any atom is 0.162 e. The first-order valence-electron chi connectivity index (χ1n) is 7.24. The van der Waals surface area contributed by atoms with Crippen LogP contribution < -0.4 is 9.47 Å². The van der Waals surface area contributed by atoms with Gasteiger partial charge in [-0.3, -0.25) is 0 Å². The molecule has 0 aliphatic carbocycles. The minimum atomic E-state index is 0. The lowest BCUT2D eigenvalue weighted by Crippen LogP contribution is -2.11. The van der Waals surface area contributed by atoms with Crippen LogP contribution in [-0.4, -0.2) is 7.11 Å². The Morgan fingerprint density at radius 3 is 2.29 bits per heavy atom. The highest BCUT2D eigenvalue weighted by Crippen LogP contribution is 2.29. The van der Waals surface area contributed by atoms with Gasteiger partial charge in [-0.05, 0) is 28.7 Å². The molecule has 0 unspecified atom stereocenters. The number of hydrogen-bond donors (Lipinski definition) is 0. The van der Waals surface area contributed by atoms with Crippen LogP contribution in [0, 0.1) is 11.3 Å². The Labute approximate surface area is 156 Å². The molecule has 24 heavy (non-hydrogen) atoms. The summed E-state index contributed by atoms with van der Waals surface area (Å²) in [5.74, 6) is 1.22. The fourth-order valence-corrected chi connectivity index (χ4v) is 2.15. The standard InChI is InChI=1S/C19H21NO2.2ClH/c1-19(2,3)16-7-5-6-15(10-16)13-22-17-9-8-14(12-20)11-18(17)21-4;;/h5-11H,13H2,1-4H3;2*1H. The minimum Gasteiger partial charge on any atom is -0.493 e. The van der Waals surface area contributed by atoms with Gasteiger partial charge in [-0.1, -0.05) is 45.0 Å². The van der Waals surface area contributed by atoms with Gasteiger partial charge in [0, 0.05) is 6.07 Å². The van der Waals surface area contributed by atoms with E-state index in [4.69, 9.17) is 14.7 Å². The van der Waals surface area contributed by atoms with Gasteiger partial charge < -0.3 is 9.47 Å². The molecule has 0 atom stereocenters. The Bertz CT molecular complexity index is 703. The quantitative estimate of drug-likeness (QED) is 0.737. The summed E-state index contributed by atoms with van der Waals surface area (Å²) in [7, 11) is 1.57. The molecule has 0 fully saturated rings. The average Bonchev–Trinajstić information content (AvgIpc) is 2.52. The monoisotopic (exact) mass is 367 g/mol. The van der Waals surface area contributed by atoms with Crippen molar-refractivity contribution in [2.45, 2.75) is 32.8 Å². The second-order valence-electron chi connectivity index (χ2n) is 6.22. The molecule has 5 heteroatoms. The largest absolute Gasteiger partial charge is 0.493 e. The van der Waals surface area contributed by atoms with Crippen LogP contribution in [-0.2, 0) is 12.0 Å². The highest BCUT2D eigenvalue weighted by atomic mass is 35.5. The molecule has 0 spiro atoms. The first-order chi connectivity index (χ1) is 10.4. The number of halogens is 2. The zero-order valence-corrected chi connectivity index (χ0v) is 16.0. The van der Waals surface area contributed by atoms with Crippen LogP contribution in [0.15, 0.2) is 42.5 Å². The zero-order valence-electron chi connectivity index (χ0n) is 14.3. The number of ether oxygens (including phenoxy) is 2. The van der Waals surface area contributed by atoms with Crippen molar-refractivity contribution in [1.82, 2.24) is 0 Å². The molecule has 0 amide bonds. The van der Waals surface area contributed by atoms with Gasteiger partial charge in [0.15, 0.2) is 11.5 Å². The highest BCUT2D eigenvalue weighted by molar-refractivity contribution is 5.85. The zero-order chi connectivity index (χ0) is 16.2. The summed E-state index contributed by atoms with van der Waals surface area (Å²) < 4.78 is 11.1. The van der Waals surface area contributed by atoms with Gasteiger partial charge in [-0.2, -0.15) is 5.26 Å². The summed E-state index contributed by atoms with van der Waals surface area (Å²) in [6.07, 6.45) is 0. The van der Waals surface area contributed by atoms with Crippen molar-refractivity contribution in [3.63, 3.8) is 0 Å². The molecule has 0 aliphatic heterocycles. The van der Waals surface area contributed by atoms with E-state index >= 15 is 0 Å². The van der Waals surface area contributed by atoms with Gasteiger partial charge in [0.2, 0.25) is 0 Å². The third-order valence-corrected chi connectivity index (χ3v) is 3.48. The van der Waals surface area contributed by atoms with Gasteiger partial charge in [-0.25, -0.2) is 0 Å². The van der Waals surface area contributed by atoms with Crippen molar-refractivity contribution in [3.05, 3.63) is 59.2 Å². The summed E-state index contributed by atoms with van der Waals surface area (Å²) >= 11 is 0. The third-order valence-electron chi connectivity index (χ3n) is 3.48. The van der Waals surface area contributed by atoms with E-state index in [0.29, 0.717) is 23.7 Å². The topological polar surface area (TPSA) is 42.2 Å². The predicted octanol–water partition coefficient (Wildman–Crippen LogP) is 5.29. The molecule has 0 heterocycles. The molecule has 0 aliphatic rings. The Hall–Kier alpha value is -1.89. The van der Waals surface area contributed by atoms with Crippen molar-refractivity contribution in [2.75, 3.05) is 7.11 Å². The van der Waals surface area contributed by atoms with Crippen molar-refractivity contribution < 1.29 is 9.47 Å². The molecule has 0 radical (unpaired) electrons. The van der Waals surface area contributed by atoms with Crippen LogP contribution in [0.1, 0.15) is 37.5 Å². The van der Waals surface area contributed by atoms with Crippen molar-refractivity contribution in [3.8, 4) is 17.6 Å². The molecule has 0 bridgehead atoms. The van der Waals surface area contributed by atoms with Crippen molar-refractivity contribution in [2.24, 2.45) is 0 Å². The van der Waals surface area contributed by atoms with Crippen LogP contribution in [0.5, 0.6) is 11.5 Å². The average molecular weight is 368 g/mol. The first kappa shape index (κ1) is 22.1. The van der Waals surface area contributed by atoms with Crippen LogP contribution in [0.25, 0.3) is 0 Å². The molecule has 0 saturated heterocycles. The molecule has 0 N–H and O–H groups in total. The molecular formula is C19H23Cl2NO2. The van der Waals surface area contributed by atoms with E-state index < -0.39 is 0 Å². The van der Waals surface area contributed by atoms with E-state index in [2.05, 4.69) is 45.0 Å². The molecule has 2 aromatic carbocycles. The van der Waals surface area contributed by atoms with Gasteiger partial charge in [0.25, 0.3) is 0 Å². The van der Waals surface area contributed by atoms with Gasteiger partial charge >= 0.3 is 0 Å². The predicted molar refractivity (Wildman–Crippen MR) is 102 cm³/mol. The number of rotatable bonds is 4. The number of hydrogen-bond acceptors (Lipinski definition) is 3. The lowest BCUT2D eigenvalue weighted by molar-refractivity contribution is 0.284. The number of benzene rings is 2. The number of methoxy groups -OCH3 is 1. The first-order valence-corrected chi connectivity index (χ1v) is 7.24. The van der Waals surface area contributed by atoms with E-state index in [-0.39, 0.29) is 30.2 Å². The molecule has 130 valence electrons. The van der Waals surface area contributed by atoms with Gasteiger partial charge in [0.1, 0.15) is 6.61 Å². The fourth-order valence-electron chi connectivity index (χ4n) is 2.15. The van der Waals surface area contributed by atoms with Crippen LogP contribution in [0.3, 0.4) is 0 Å². The lowest BCUT2D eigenvalue weighted by atomic mass is 9.86. The smallest absolute Gasteiger partial charge is 0.162 e. The van der Waals surface area contributed by atoms with Crippen LogP contribution in [0.4, 0.5) is 0 Å². The molecule has 2 rings (SSSR count). The minimum absolute atomic E-state index is 0. The van der Waals surface area contributed by atoms with Gasteiger partial charge in [-0.15, -0.1) is 24.8 Å². The summed E-state index contributed by atoms with van der Waals surface area (Å²) in [5.41, 5.74) is 3.06. The Morgan fingerprint density at radius 2 is 1.71 bits per heavy atom. The number of nitriles is 1. The van der Waals surface area contributed by atoms with E-state index in [1.807, 2.05) is 6.07 Å². The number of nitrogens with zero attached hydrogens (tertiary/aromatic N) is 1. The lowest BCUT2D eigenvalue weighted by Gasteiger charge is -2.20. The summed E-state index contributed by atoms with van der Waals surface area (Å²) in [6, 6.07) is 15.7.